The first kappa shape index (κ1) is 48.3. The highest BCUT2D eigenvalue weighted by Crippen LogP contribution is 2.42. The Morgan fingerprint density at radius 2 is 1.04 bits per heavy atom. The lowest BCUT2D eigenvalue weighted by Crippen LogP contribution is -2.52. The molecule has 8 rings (SSSR count). The highest BCUT2D eigenvalue weighted by atomic mass is 19.4. The summed E-state index contributed by atoms with van der Waals surface area (Å²) in [5.74, 6) is -1.61. The van der Waals surface area contributed by atoms with Crippen molar-refractivity contribution in [2.75, 3.05) is 62.7 Å². The van der Waals surface area contributed by atoms with E-state index >= 15 is 0 Å². The molecule has 4 N–H and O–H groups in total. The molecule has 70 heavy (non-hydrogen) atoms. The Bertz CT molecular complexity index is 2750. The molecule has 4 aliphatic heterocycles. The van der Waals surface area contributed by atoms with Gasteiger partial charge >= 0.3 is 24.4 Å². The number of likely N-dealkylation sites (N-methyl/N-ethyl adjacent to an activating group) is 1. The molecule has 0 unspecified atom stereocenters. The lowest BCUT2D eigenvalue weighted by Gasteiger charge is -2.34. The maximum Gasteiger partial charge on any atom is 0.416 e. The summed E-state index contributed by atoms with van der Waals surface area (Å²) < 4.78 is 83.0. The van der Waals surface area contributed by atoms with E-state index < -0.39 is 65.3 Å². The maximum atomic E-state index is 14.3. The molecular formula is C49H43F6N10O5+. The molecule has 0 spiro atoms. The Hall–Kier alpha value is -8.17. The van der Waals surface area contributed by atoms with Gasteiger partial charge in [-0.25, -0.2) is 9.59 Å². The van der Waals surface area contributed by atoms with Gasteiger partial charge in [0.15, 0.2) is 6.54 Å². The zero-order chi connectivity index (χ0) is 50.3. The van der Waals surface area contributed by atoms with Gasteiger partial charge in [0.2, 0.25) is 0 Å². The molecule has 0 bridgehead atoms. The first-order valence-corrected chi connectivity index (χ1v) is 21.9. The third-order valence-electron chi connectivity index (χ3n) is 12.8. The molecule has 360 valence electrons. The standard InChI is InChI=1S/C49H42F6N10O5/c1-65(28-39(58)66,20-4-18-61-26-37-40(44(61)67)42(31-14-10-29(24-56)11-15-31)59-46(69)63(37)35-8-2-6-33(22-35)48(50,51)52)21-5-19-62-27-38-41(45(62)68)43(32-16-12-30(25-57)13-17-32)60-47(70)64(38)36-9-3-7-34(23-36)49(53,54)55/h2-3,6-17,22-23,42-43H,4-5,18-21,26-28H2,1H3,(H3-,58,59,60,66,69,70)/p+1/t42-,43-/m1/s1. The number of quaternary nitrogens is 1. The van der Waals surface area contributed by atoms with E-state index in [1.807, 2.05) is 12.1 Å². The lowest BCUT2D eigenvalue weighted by molar-refractivity contribution is -0.902. The number of nitrogens with one attached hydrogen (secondary N) is 2. The molecule has 0 fully saturated rings. The Morgan fingerprint density at radius 3 is 1.39 bits per heavy atom. The van der Waals surface area contributed by atoms with Gasteiger partial charge in [-0.2, -0.15) is 36.9 Å². The second-order valence-corrected chi connectivity index (χ2v) is 17.6. The van der Waals surface area contributed by atoms with Crippen LogP contribution >= 0.6 is 0 Å². The van der Waals surface area contributed by atoms with Crippen molar-refractivity contribution < 1.29 is 54.8 Å². The summed E-state index contributed by atoms with van der Waals surface area (Å²) in [6, 6.07) is 21.2. The third-order valence-corrected chi connectivity index (χ3v) is 12.8. The predicted octanol–water partition coefficient (Wildman–Crippen LogP) is 6.61. The summed E-state index contributed by atoms with van der Waals surface area (Å²) in [6.07, 6.45) is -8.87. The number of halogens is 6. The number of urea groups is 2. The quantitative estimate of drug-likeness (QED) is 0.0934. The summed E-state index contributed by atoms with van der Waals surface area (Å²) in [7, 11) is 1.77. The minimum atomic E-state index is -4.72. The summed E-state index contributed by atoms with van der Waals surface area (Å²) in [5, 5.41) is 24.2. The topological polar surface area (TPSA) is 196 Å². The number of benzene rings is 4. The molecule has 0 aliphatic carbocycles. The molecular weight excluding hydrogens is 923 g/mol. The smallest absolute Gasteiger partial charge is 0.365 e. The zero-order valence-corrected chi connectivity index (χ0v) is 37.3. The number of primary amides is 1. The van der Waals surface area contributed by atoms with Crippen molar-refractivity contribution in [1.29, 1.82) is 10.5 Å². The van der Waals surface area contributed by atoms with Crippen LogP contribution in [0.2, 0.25) is 0 Å². The molecule has 4 heterocycles. The Kier molecular flexibility index (Phi) is 12.9. The van der Waals surface area contributed by atoms with E-state index in [1.54, 1.807) is 31.3 Å². The molecule has 21 heteroatoms. The molecule has 4 aliphatic rings. The van der Waals surface area contributed by atoms with Crippen LogP contribution in [0.3, 0.4) is 0 Å². The van der Waals surface area contributed by atoms with E-state index in [0.29, 0.717) is 22.3 Å². The van der Waals surface area contributed by atoms with Crippen molar-refractivity contribution in [2.45, 2.75) is 37.3 Å². The monoisotopic (exact) mass is 965 g/mol. The van der Waals surface area contributed by atoms with Crippen molar-refractivity contribution in [3.8, 4) is 12.1 Å². The van der Waals surface area contributed by atoms with E-state index in [9.17, 15) is 60.8 Å². The summed E-state index contributed by atoms with van der Waals surface area (Å²) in [6.45, 7) is 0.304. The second kappa shape index (κ2) is 18.7. The molecule has 4 aromatic carbocycles. The van der Waals surface area contributed by atoms with Gasteiger partial charge < -0.3 is 30.7 Å². The summed E-state index contributed by atoms with van der Waals surface area (Å²) in [4.78, 5) is 73.7. The van der Waals surface area contributed by atoms with Gasteiger partial charge in [-0.05, 0) is 71.8 Å². The van der Waals surface area contributed by atoms with Crippen LogP contribution in [-0.4, -0.2) is 96.9 Å². The van der Waals surface area contributed by atoms with E-state index in [2.05, 4.69) is 10.6 Å². The molecule has 4 aromatic rings. The van der Waals surface area contributed by atoms with Gasteiger partial charge in [0.05, 0.1) is 114 Å². The van der Waals surface area contributed by atoms with E-state index in [4.69, 9.17) is 5.73 Å². The van der Waals surface area contributed by atoms with Crippen LogP contribution in [0.4, 0.5) is 47.3 Å². The number of amides is 7. The third kappa shape index (κ3) is 9.60. The van der Waals surface area contributed by atoms with Crippen molar-refractivity contribution in [3.63, 3.8) is 0 Å². The average molecular weight is 966 g/mol. The van der Waals surface area contributed by atoms with Crippen LogP contribution in [0.25, 0.3) is 0 Å². The molecule has 0 aromatic heterocycles. The van der Waals surface area contributed by atoms with E-state index in [-0.39, 0.29) is 97.1 Å². The van der Waals surface area contributed by atoms with Gasteiger partial charge in [-0.1, -0.05) is 36.4 Å². The number of hydrogen-bond donors (Lipinski definition) is 3. The minimum absolute atomic E-state index is 0.0498. The number of alkyl halides is 6. The van der Waals surface area contributed by atoms with Gasteiger partial charge in [-0.3, -0.25) is 24.2 Å². The fourth-order valence-electron chi connectivity index (χ4n) is 9.47. The van der Waals surface area contributed by atoms with Crippen molar-refractivity contribution in [2.24, 2.45) is 5.73 Å². The second-order valence-electron chi connectivity index (χ2n) is 17.6. The number of carbonyl (C=O) groups excluding carboxylic acids is 5. The predicted molar refractivity (Wildman–Crippen MR) is 239 cm³/mol. The van der Waals surface area contributed by atoms with Crippen molar-refractivity contribution in [1.82, 2.24) is 20.4 Å². The van der Waals surface area contributed by atoms with Crippen LogP contribution in [-0.2, 0) is 26.7 Å². The number of carbonyl (C=O) groups is 5. The van der Waals surface area contributed by atoms with Crippen molar-refractivity contribution in [3.05, 3.63) is 153 Å². The SMILES string of the molecule is C[N+](CCCN1CC2=C(C1=O)[C@@H](c1ccc(C#N)cc1)NC(=O)N2c1cccc(C(F)(F)F)c1)(CCCN1CC2=C(C1=O)[C@@H](c1ccc(C#N)cc1)NC(=O)N2c1cccc(C(F)(F)F)c1)CC(N)=O. The molecule has 0 saturated heterocycles. The minimum Gasteiger partial charge on any atom is -0.365 e. The number of nitrogens with zero attached hydrogens (tertiary/aromatic N) is 7. The fourth-order valence-corrected chi connectivity index (χ4v) is 9.47. The number of rotatable bonds is 14. The van der Waals surface area contributed by atoms with Crippen molar-refractivity contribution >= 4 is 41.2 Å². The molecule has 7 amide bonds. The van der Waals surface area contributed by atoms with Crippen LogP contribution < -0.4 is 26.2 Å². The Labute approximate surface area is 396 Å². The molecule has 15 nitrogen and oxygen atoms in total. The fraction of sp³-hybridized carbons (Fsp3) is 0.286. The largest absolute Gasteiger partial charge is 0.416 e. The van der Waals surface area contributed by atoms with Crippen LogP contribution in [0.5, 0.6) is 0 Å². The number of nitrogens with two attached hydrogens (primary N) is 1. The van der Waals surface area contributed by atoms with E-state index in [0.717, 1.165) is 46.2 Å². The Morgan fingerprint density at radius 1 is 0.657 bits per heavy atom. The van der Waals surface area contributed by atoms with Gasteiger partial charge in [-0.15, -0.1) is 0 Å². The average Bonchev–Trinajstić information content (AvgIpc) is 3.82. The number of hydrogen-bond acceptors (Lipinski definition) is 7. The summed E-state index contributed by atoms with van der Waals surface area (Å²) >= 11 is 0. The van der Waals surface area contributed by atoms with Crippen LogP contribution in [0.1, 0.15) is 58.3 Å². The number of anilines is 2. The van der Waals surface area contributed by atoms with Gasteiger partial charge in [0, 0.05) is 25.9 Å². The van der Waals surface area contributed by atoms with Gasteiger partial charge in [0.1, 0.15) is 0 Å². The zero-order valence-electron chi connectivity index (χ0n) is 37.3. The van der Waals surface area contributed by atoms with Gasteiger partial charge in [0.25, 0.3) is 17.7 Å². The molecule has 0 radical (unpaired) electrons. The highest BCUT2D eigenvalue weighted by Gasteiger charge is 2.47. The first-order valence-electron chi connectivity index (χ1n) is 21.9. The molecule has 0 saturated carbocycles. The van der Waals surface area contributed by atoms with E-state index in [1.165, 1.54) is 46.2 Å². The number of nitriles is 2. The normalized spacial score (nSPS) is 18.4. The van der Waals surface area contributed by atoms with Crippen LogP contribution in [0.15, 0.2) is 120 Å². The lowest BCUT2D eigenvalue weighted by atomic mass is 9.94. The molecule has 2 atom stereocenters. The van der Waals surface area contributed by atoms with Crippen LogP contribution in [0, 0.1) is 22.7 Å². The first-order chi connectivity index (χ1) is 33.2. The summed E-state index contributed by atoms with van der Waals surface area (Å²) in [5.41, 5.74) is 5.71. The highest BCUT2D eigenvalue weighted by molar-refractivity contribution is 6.08. The Balaban J connectivity index is 0.989. The maximum absolute atomic E-state index is 14.3.